The first-order chi connectivity index (χ1) is 36.4. The summed E-state index contributed by atoms with van der Waals surface area (Å²) in [5, 5.41) is 7.56. The third kappa shape index (κ3) is 9.46. The van der Waals surface area contributed by atoms with Crippen molar-refractivity contribution in [2.24, 2.45) is 24.8 Å². The van der Waals surface area contributed by atoms with Crippen LogP contribution in [0.4, 0.5) is 23.0 Å². The van der Waals surface area contributed by atoms with Crippen LogP contribution in [-0.2, 0) is 32.8 Å². The molecular weight excluding hydrogens is 953 g/mol. The summed E-state index contributed by atoms with van der Waals surface area (Å²) in [7, 11) is 2.00. The number of nitrogen functional groups attached to an aromatic ring is 2. The molecule has 394 valence electrons. The van der Waals surface area contributed by atoms with Gasteiger partial charge in [-0.05, 0) is 163 Å². The van der Waals surface area contributed by atoms with E-state index in [9.17, 15) is 19.2 Å². The molecule has 6 N–H and O–H groups in total. The van der Waals surface area contributed by atoms with E-state index in [2.05, 4.69) is 73.8 Å². The fourth-order valence-corrected chi connectivity index (χ4v) is 12.6. The van der Waals surface area contributed by atoms with Crippen molar-refractivity contribution in [1.82, 2.24) is 38.9 Å². The first kappa shape index (κ1) is 51.6. The van der Waals surface area contributed by atoms with Gasteiger partial charge in [0.2, 0.25) is 11.8 Å². The van der Waals surface area contributed by atoms with Crippen LogP contribution in [0.1, 0.15) is 105 Å². The molecule has 2 fully saturated rings. The molecule has 2 aliphatic heterocycles. The normalized spacial score (nSPS) is 18.8. The van der Waals surface area contributed by atoms with Crippen LogP contribution < -0.4 is 22.1 Å². The fraction of sp³-hybridized carbons (Fsp3) is 0.400. The number of hydrogen-bond donors (Lipinski definition) is 4. The predicted molar refractivity (Wildman–Crippen MR) is 303 cm³/mol. The smallest absolute Gasteiger partial charge is 0.250 e. The van der Waals surface area contributed by atoms with Gasteiger partial charge in [-0.25, -0.2) is 19.9 Å². The molecule has 0 spiro atoms. The number of nitrogens with two attached hydrogens (primary N) is 2. The molecule has 6 aromatic rings. The molecular formula is C60H70N12O4. The zero-order valence-electron chi connectivity index (χ0n) is 45.0. The Morgan fingerprint density at radius 3 is 1.57 bits per heavy atom. The number of likely N-dealkylation sites (tertiary alicyclic amines) is 2. The molecule has 10 rings (SSSR count). The van der Waals surface area contributed by atoms with E-state index < -0.39 is 0 Å². The first-order valence-corrected chi connectivity index (χ1v) is 26.7. The van der Waals surface area contributed by atoms with Gasteiger partial charge >= 0.3 is 0 Å². The summed E-state index contributed by atoms with van der Waals surface area (Å²) in [6.45, 7) is 22.7. The van der Waals surface area contributed by atoms with E-state index in [0.29, 0.717) is 85.9 Å². The number of fused-ring (bicyclic) bond motifs is 2. The Balaban J connectivity index is 0.949. The van der Waals surface area contributed by atoms with E-state index >= 15 is 0 Å². The van der Waals surface area contributed by atoms with Crippen molar-refractivity contribution >= 4 is 79.9 Å². The van der Waals surface area contributed by atoms with Gasteiger partial charge in [0.1, 0.15) is 35.6 Å². The number of nitrogens with one attached hydrogen (secondary N) is 2. The minimum Gasteiger partial charge on any atom is -0.383 e. The van der Waals surface area contributed by atoms with Gasteiger partial charge in [-0.2, -0.15) is 0 Å². The molecule has 2 aliphatic carbocycles. The second-order valence-corrected chi connectivity index (χ2v) is 21.8. The Labute approximate surface area is 444 Å². The summed E-state index contributed by atoms with van der Waals surface area (Å²) in [6.07, 6.45) is 14.4. The fourth-order valence-electron chi connectivity index (χ4n) is 12.6. The summed E-state index contributed by atoms with van der Waals surface area (Å²) >= 11 is 0. The third-order valence-corrected chi connectivity index (χ3v) is 16.3. The van der Waals surface area contributed by atoms with Gasteiger partial charge < -0.3 is 41.0 Å². The Kier molecular flexibility index (Phi) is 14.0. The largest absolute Gasteiger partial charge is 0.383 e. The minimum atomic E-state index is -0.240. The van der Waals surface area contributed by atoms with Crippen LogP contribution >= 0.6 is 0 Å². The van der Waals surface area contributed by atoms with Gasteiger partial charge in [0, 0.05) is 96.4 Å². The molecule has 3 atom stereocenters. The summed E-state index contributed by atoms with van der Waals surface area (Å²) in [4.78, 5) is 76.4. The Morgan fingerprint density at radius 1 is 0.618 bits per heavy atom. The number of aryl methyl sites for hydroxylation is 5. The van der Waals surface area contributed by atoms with Crippen LogP contribution in [0.5, 0.6) is 0 Å². The van der Waals surface area contributed by atoms with Crippen molar-refractivity contribution in [3.63, 3.8) is 0 Å². The molecule has 4 aliphatic rings. The monoisotopic (exact) mass is 1020 g/mol. The maximum Gasteiger partial charge on any atom is 0.250 e. The van der Waals surface area contributed by atoms with Crippen LogP contribution in [0.2, 0.25) is 0 Å². The molecule has 2 saturated heterocycles. The highest BCUT2D eigenvalue weighted by Crippen LogP contribution is 2.48. The lowest BCUT2D eigenvalue weighted by molar-refractivity contribution is -0.135. The Morgan fingerprint density at radius 2 is 1.08 bits per heavy atom. The molecule has 1 unspecified atom stereocenters. The quantitative estimate of drug-likeness (QED) is 0.0852. The molecule has 4 aromatic heterocycles. The molecule has 0 radical (unpaired) electrons. The summed E-state index contributed by atoms with van der Waals surface area (Å²) in [6, 6.07) is 7.96. The number of carbonyl (C=O) groups excluding carboxylic acids is 4. The summed E-state index contributed by atoms with van der Waals surface area (Å²) < 4.78 is 4.38. The molecule has 2 aromatic carbocycles. The average molecular weight is 1020 g/mol. The van der Waals surface area contributed by atoms with Gasteiger partial charge in [-0.15, -0.1) is 0 Å². The highest BCUT2D eigenvalue weighted by atomic mass is 16.2. The van der Waals surface area contributed by atoms with E-state index in [1.807, 2.05) is 50.1 Å². The zero-order chi connectivity index (χ0) is 53.9. The lowest BCUT2D eigenvalue weighted by Gasteiger charge is -2.27. The van der Waals surface area contributed by atoms with Crippen LogP contribution in [-0.4, -0.2) is 88.7 Å². The van der Waals surface area contributed by atoms with Crippen LogP contribution in [0, 0.1) is 45.4 Å². The summed E-state index contributed by atoms with van der Waals surface area (Å²) in [5.41, 5.74) is 29.3. The second-order valence-electron chi connectivity index (χ2n) is 21.8. The average Bonchev–Trinajstić information content (AvgIpc) is 4.26. The van der Waals surface area contributed by atoms with Crippen molar-refractivity contribution in [2.45, 2.75) is 106 Å². The number of benzene rings is 2. The lowest BCUT2D eigenvalue weighted by atomic mass is 9.83. The molecule has 16 heteroatoms. The van der Waals surface area contributed by atoms with Gasteiger partial charge in [-0.3, -0.25) is 19.2 Å². The van der Waals surface area contributed by atoms with Crippen LogP contribution in [0.3, 0.4) is 0 Å². The van der Waals surface area contributed by atoms with Gasteiger partial charge in [0.25, 0.3) is 11.8 Å². The molecule has 4 amide bonds. The number of hydrogen-bond acceptors (Lipinski definition) is 10. The summed E-state index contributed by atoms with van der Waals surface area (Å²) in [5.74, 6) is 0.583. The van der Waals surface area contributed by atoms with Crippen molar-refractivity contribution in [2.75, 3.05) is 48.3 Å². The number of amides is 4. The van der Waals surface area contributed by atoms with E-state index in [1.54, 1.807) is 13.8 Å². The standard InChI is InChI=1S/C60H70N12O4/c1-32(2)57(73)67-43-24-34(5)45(35(6)25-43)51-47(49-53(61)63-30-65-55(49)69(51)9)39-12-18-42(19-13-39)60(76)71-23-20-38(28-71)29-72-52(46-36(7)26-44(27-37(46)8)68-58(74)33(3)4)48(50-54(62)64-31-66-56(50)72)40-14-16-41(17-15-40)59(75)70-21-10-11-22-70/h12,14,24-27,30-31,38,41-42H,1,3,10-11,13,15-23,28-29H2,2,4-9H3,(H,67,73)(H,68,74)(H2,61,63,65)(H2,62,64,66)/t38?,41-,42-/m0/s1. The van der Waals surface area contributed by atoms with Gasteiger partial charge in [-0.1, -0.05) is 25.3 Å². The van der Waals surface area contributed by atoms with Crippen molar-refractivity contribution in [3.8, 4) is 22.5 Å². The van der Waals surface area contributed by atoms with E-state index in [-0.39, 0.29) is 41.4 Å². The van der Waals surface area contributed by atoms with Crippen molar-refractivity contribution in [3.05, 3.63) is 107 Å². The number of carbonyl (C=O) groups is 4. The van der Waals surface area contributed by atoms with E-state index in [1.165, 1.54) is 12.7 Å². The van der Waals surface area contributed by atoms with Gasteiger partial charge in [0.15, 0.2) is 0 Å². The zero-order valence-corrected chi connectivity index (χ0v) is 45.0. The van der Waals surface area contributed by atoms with Crippen LogP contribution in [0.25, 0.3) is 55.7 Å². The van der Waals surface area contributed by atoms with Gasteiger partial charge in [0.05, 0.1) is 22.2 Å². The Hall–Kier alpha value is -7.88. The van der Waals surface area contributed by atoms with E-state index in [0.717, 1.165) is 128 Å². The molecule has 6 heterocycles. The highest BCUT2D eigenvalue weighted by Gasteiger charge is 2.37. The van der Waals surface area contributed by atoms with E-state index in [4.69, 9.17) is 21.4 Å². The number of rotatable bonds is 12. The molecule has 16 nitrogen and oxygen atoms in total. The second kappa shape index (κ2) is 20.7. The van der Waals surface area contributed by atoms with Crippen molar-refractivity contribution < 1.29 is 19.2 Å². The molecule has 0 bridgehead atoms. The molecule has 76 heavy (non-hydrogen) atoms. The number of anilines is 4. The highest BCUT2D eigenvalue weighted by molar-refractivity contribution is 6.08. The minimum absolute atomic E-state index is 0.0641. The third-order valence-electron chi connectivity index (χ3n) is 16.3. The SMILES string of the molecule is C=C(C)C(=O)Nc1cc(C)c(-c2c(C3=CC[C@H](C(=O)N4CCC(Cn5c(-c6c(C)cc(NC(=O)C(=C)C)cc6C)c(C6=CC[C@H](C(=O)N7CCCC7)CC6)c6c(N)ncnc65)C4)CC3)c3c(N)ncnc3n2C)c(C)c1. The maximum atomic E-state index is 14.7. The number of aromatic nitrogens is 6. The maximum absolute atomic E-state index is 14.7. The first-order valence-electron chi connectivity index (χ1n) is 26.7. The molecule has 0 saturated carbocycles. The lowest BCUT2D eigenvalue weighted by Crippen LogP contribution is -2.35. The van der Waals surface area contributed by atoms with Crippen molar-refractivity contribution in [1.29, 1.82) is 0 Å². The Bertz CT molecular complexity index is 3450. The van der Waals surface area contributed by atoms with Crippen LogP contribution in [0.15, 0.2) is 73.4 Å². The number of nitrogens with zero attached hydrogens (tertiary/aromatic N) is 8. The topological polar surface area (TPSA) is 212 Å². The predicted octanol–water partition coefficient (Wildman–Crippen LogP) is 10.0. The number of allylic oxidation sites excluding steroid dienone is 4.